The van der Waals surface area contributed by atoms with E-state index in [-0.39, 0.29) is 27.3 Å². The molecule has 158 valence electrons. The van der Waals surface area contributed by atoms with E-state index in [1.807, 2.05) is 0 Å². The van der Waals surface area contributed by atoms with Crippen molar-refractivity contribution in [2.45, 2.75) is 48.8 Å². The molecule has 14 nitrogen and oxygen atoms in total. The monoisotopic (exact) mass is 598 g/mol. The topological polar surface area (TPSA) is 283 Å². The van der Waals surface area contributed by atoms with Crippen molar-refractivity contribution in [3.63, 3.8) is 0 Å². The van der Waals surface area contributed by atoms with E-state index in [0.717, 1.165) is 0 Å². The zero-order valence-corrected chi connectivity index (χ0v) is 17.5. The van der Waals surface area contributed by atoms with Crippen LogP contribution < -0.4 is 10.2 Å². The van der Waals surface area contributed by atoms with Crippen LogP contribution in [0.3, 0.4) is 0 Å². The first kappa shape index (κ1) is 31.2. The Bertz CT molecular complexity index is 385. The largest absolute Gasteiger partial charge is 2.00 e. The van der Waals surface area contributed by atoms with Crippen molar-refractivity contribution in [1.82, 2.24) is 0 Å². The minimum absolute atomic E-state index is 0. The molecule has 0 unspecified atom stereocenters. The summed E-state index contributed by atoms with van der Waals surface area (Å²) >= 11 is 0. The third-order valence-electron chi connectivity index (χ3n) is 2.99. The van der Waals surface area contributed by atoms with Gasteiger partial charge in [-0.05, 0) is 0 Å². The number of hydrogen-bond acceptors (Lipinski definition) is 14. The van der Waals surface area contributed by atoms with Crippen molar-refractivity contribution in [1.29, 1.82) is 0 Å². The fraction of sp³-hybridized carbons (Fsp3) is 0.833. The number of carboxylic acid groups (broad SMARTS) is 2. The van der Waals surface area contributed by atoms with Crippen LogP contribution in [0.25, 0.3) is 0 Å². The van der Waals surface area contributed by atoms with Gasteiger partial charge < -0.3 is 70.9 Å². The van der Waals surface area contributed by atoms with Gasteiger partial charge in [0.15, 0.2) is 0 Å². The van der Waals surface area contributed by atoms with Gasteiger partial charge in [0.05, 0.1) is 25.2 Å². The number of carbonyl (C=O) groups excluding carboxylic acids is 2. The molecule has 15 heteroatoms. The molecule has 0 bridgehead atoms. The Morgan fingerprint density at radius 2 is 0.815 bits per heavy atom. The van der Waals surface area contributed by atoms with Crippen LogP contribution in [0, 0.1) is 0 Å². The Labute approximate surface area is 172 Å². The molecule has 0 aromatic heterocycles. The van der Waals surface area contributed by atoms with E-state index < -0.39 is 74.0 Å². The average Bonchev–Trinajstić information content (AvgIpc) is 2.62. The molecular weight excluding hydrogens is 575 g/mol. The summed E-state index contributed by atoms with van der Waals surface area (Å²) in [7, 11) is 0. The maximum absolute atomic E-state index is 9.98. The van der Waals surface area contributed by atoms with E-state index in [0.29, 0.717) is 0 Å². The number of carbonyl (C=O) groups is 2. The van der Waals surface area contributed by atoms with Crippen molar-refractivity contribution in [2.24, 2.45) is 0 Å². The molecular formula is C12H22O14Pb. The number of aliphatic hydroxyl groups excluding tert-OH is 10. The van der Waals surface area contributed by atoms with Crippen LogP contribution in [0.5, 0.6) is 0 Å². The predicted molar refractivity (Wildman–Crippen MR) is 78.0 cm³/mol. The molecule has 0 saturated carbocycles. The van der Waals surface area contributed by atoms with E-state index >= 15 is 0 Å². The minimum atomic E-state index is -2.31. The average molecular weight is 597 g/mol. The third kappa shape index (κ3) is 11.1. The van der Waals surface area contributed by atoms with Crippen molar-refractivity contribution >= 4 is 39.2 Å². The SMILES string of the molecule is O=C([O-])[C@H](O)[C@@H](O)[C@H](O)[C@H](O)CO.O=C([O-])[C@H](O)[C@@H](O)[C@H](O)[C@H](O)CO.[Pb+2]. The number of rotatable bonds is 10. The predicted octanol–water partition coefficient (Wildman–Crippen LogP) is -10.0. The van der Waals surface area contributed by atoms with Gasteiger partial charge in [-0.25, -0.2) is 0 Å². The number of aliphatic hydroxyl groups is 10. The first-order valence-corrected chi connectivity index (χ1v) is 6.91. The third-order valence-corrected chi connectivity index (χ3v) is 2.99. The number of aliphatic carboxylic acids is 2. The summed E-state index contributed by atoms with van der Waals surface area (Å²) in [6.45, 7) is -1.73. The molecule has 2 radical (unpaired) electrons. The molecule has 0 rings (SSSR count). The molecule has 0 aromatic rings. The normalized spacial score (nSPS) is 19.6. The smallest absolute Gasteiger partial charge is 0.547 e. The Morgan fingerprint density at radius 3 is 0.963 bits per heavy atom. The van der Waals surface area contributed by atoms with Gasteiger partial charge in [-0.2, -0.15) is 0 Å². The zero-order chi connectivity index (χ0) is 21.2. The van der Waals surface area contributed by atoms with Gasteiger partial charge in [-0.3, -0.25) is 0 Å². The molecule has 0 spiro atoms. The van der Waals surface area contributed by atoms with Crippen molar-refractivity contribution in [3.8, 4) is 0 Å². The van der Waals surface area contributed by atoms with Gasteiger partial charge in [-0.15, -0.1) is 0 Å². The van der Waals surface area contributed by atoms with E-state index in [9.17, 15) is 19.8 Å². The van der Waals surface area contributed by atoms with Gasteiger partial charge in [0.2, 0.25) is 0 Å². The number of carboxylic acids is 2. The summed E-state index contributed by atoms with van der Waals surface area (Å²) in [4.78, 5) is 20.0. The fourth-order valence-corrected chi connectivity index (χ4v) is 1.32. The Balaban J connectivity index is -0.000000411. The quantitative estimate of drug-likeness (QED) is 0.105. The standard InChI is InChI=1S/2C6H12O7.Pb/c2*7-1-2(8)3(9)4(10)5(11)6(12)13;/h2*2-5,7-11H,1H2,(H,12,13);/q;;+2/p-2/t2*2-,3-,4+,5-;/m11./s1. The summed E-state index contributed by atoms with van der Waals surface area (Å²) in [6, 6.07) is 0. The maximum Gasteiger partial charge on any atom is 2.00 e. The van der Waals surface area contributed by atoms with Crippen LogP contribution in [-0.4, -0.2) is 152 Å². The first-order valence-electron chi connectivity index (χ1n) is 6.91. The van der Waals surface area contributed by atoms with Crippen LogP contribution in [-0.2, 0) is 9.59 Å². The number of hydrogen-bond donors (Lipinski definition) is 10. The van der Waals surface area contributed by atoms with Gasteiger partial charge in [0, 0.05) is 0 Å². The fourth-order valence-electron chi connectivity index (χ4n) is 1.32. The molecule has 0 fully saturated rings. The van der Waals surface area contributed by atoms with Crippen molar-refractivity contribution in [2.75, 3.05) is 13.2 Å². The maximum atomic E-state index is 9.98. The first-order chi connectivity index (χ1) is 11.8. The zero-order valence-electron chi connectivity index (χ0n) is 13.6. The van der Waals surface area contributed by atoms with E-state index in [4.69, 9.17) is 51.1 Å². The van der Waals surface area contributed by atoms with Crippen molar-refractivity contribution in [3.05, 3.63) is 0 Å². The minimum Gasteiger partial charge on any atom is -0.547 e. The Kier molecular flexibility index (Phi) is 17.8. The molecule has 0 saturated heterocycles. The van der Waals surface area contributed by atoms with E-state index in [1.54, 1.807) is 0 Å². The van der Waals surface area contributed by atoms with Crippen LogP contribution in [0.2, 0.25) is 0 Å². The second kappa shape index (κ2) is 15.4. The summed E-state index contributed by atoms with van der Waals surface area (Å²) in [6.07, 6.45) is -16.2. The molecule has 0 heterocycles. The van der Waals surface area contributed by atoms with Gasteiger partial charge in [0.1, 0.15) is 48.8 Å². The molecule has 0 aliphatic heterocycles. The van der Waals surface area contributed by atoms with Crippen molar-refractivity contribution < 1.29 is 70.9 Å². The van der Waals surface area contributed by atoms with Crippen LogP contribution in [0.15, 0.2) is 0 Å². The Hall–Kier alpha value is -0.538. The second-order valence-electron chi connectivity index (χ2n) is 4.99. The Morgan fingerprint density at radius 1 is 0.593 bits per heavy atom. The molecule has 10 N–H and O–H groups in total. The van der Waals surface area contributed by atoms with E-state index in [1.165, 1.54) is 0 Å². The molecule has 27 heavy (non-hydrogen) atoms. The van der Waals surface area contributed by atoms with E-state index in [2.05, 4.69) is 0 Å². The van der Waals surface area contributed by atoms with Gasteiger partial charge in [-0.1, -0.05) is 0 Å². The van der Waals surface area contributed by atoms with Crippen LogP contribution in [0.1, 0.15) is 0 Å². The van der Waals surface area contributed by atoms with Gasteiger partial charge >= 0.3 is 27.3 Å². The molecule has 0 amide bonds. The second-order valence-corrected chi connectivity index (χ2v) is 4.99. The summed E-state index contributed by atoms with van der Waals surface area (Å²) in [5.41, 5.74) is 0. The van der Waals surface area contributed by atoms with Crippen LogP contribution >= 0.6 is 0 Å². The summed E-state index contributed by atoms with van der Waals surface area (Å²) in [5, 5.41) is 107. The molecule has 0 aliphatic carbocycles. The summed E-state index contributed by atoms with van der Waals surface area (Å²) in [5.74, 6) is -3.95. The molecule has 8 atom stereocenters. The molecule has 0 aromatic carbocycles. The summed E-state index contributed by atoms with van der Waals surface area (Å²) < 4.78 is 0. The molecule has 0 aliphatic rings. The van der Waals surface area contributed by atoms with Crippen LogP contribution in [0.4, 0.5) is 0 Å². The van der Waals surface area contributed by atoms with Gasteiger partial charge in [0.25, 0.3) is 0 Å².